The van der Waals surface area contributed by atoms with E-state index in [0.717, 1.165) is 15.2 Å². The van der Waals surface area contributed by atoms with Crippen molar-refractivity contribution in [2.45, 2.75) is 13.1 Å². The van der Waals surface area contributed by atoms with Crippen LogP contribution in [0, 0.1) is 3.57 Å². The molecule has 0 saturated heterocycles. The first-order chi connectivity index (χ1) is 10.5. The molecule has 0 bridgehead atoms. The Morgan fingerprint density at radius 3 is 2.64 bits per heavy atom. The van der Waals surface area contributed by atoms with E-state index in [-0.39, 0.29) is 12.2 Å². The van der Waals surface area contributed by atoms with Crippen molar-refractivity contribution in [3.63, 3.8) is 0 Å². The Bertz CT molecular complexity index is 816. The molecule has 7 heteroatoms. The number of nitrogens with zero attached hydrogens (tertiary/aromatic N) is 2. The molecule has 0 saturated carbocycles. The van der Waals surface area contributed by atoms with Gasteiger partial charge in [0.25, 0.3) is 11.5 Å². The molecule has 1 aromatic carbocycles. The molecule has 0 aliphatic carbocycles. The van der Waals surface area contributed by atoms with Gasteiger partial charge in [0, 0.05) is 29.3 Å². The third kappa shape index (κ3) is 2.56. The third-order valence-electron chi connectivity index (χ3n) is 3.61. The quantitative estimate of drug-likeness (QED) is 0.733. The molecule has 6 nitrogen and oxygen atoms in total. The van der Waals surface area contributed by atoms with Crippen molar-refractivity contribution in [3.05, 3.63) is 55.5 Å². The number of aromatic hydroxyl groups is 2. The number of rotatable bonds is 2. The highest BCUT2D eigenvalue weighted by Crippen LogP contribution is 2.29. The van der Waals surface area contributed by atoms with Crippen molar-refractivity contribution in [1.29, 1.82) is 0 Å². The highest BCUT2D eigenvalue weighted by molar-refractivity contribution is 14.1. The van der Waals surface area contributed by atoms with E-state index in [1.807, 2.05) is 24.3 Å². The van der Waals surface area contributed by atoms with Crippen LogP contribution in [0.2, 0.25) is 0 Å². The minimum atomic E-state index is -0.569. The maximum atomic E-state index is 12.5. The number of carbonyl (C=O) groups is 1. The Kier molecular flexibility index (Phi) is 3.81. The molecule has 1 aliphatic heterocycles. The smallest absolute Gasteiger partial charge is 0.274 e. The molecule has 0 radical (unpaired) electrons. The van der Waals surface area contributed by atoms with Crippen LogP contribution >= 0.6 is 22.6 Å². The lowest BCUT2D eigenvalue weighted by molar-refractivity contribution is 0.0680. The van der Waals surface area contributed by atoms with Crippen molar-refractivity contribution in [2.24, 2.45) is 0 Å². The first-order valence-corrected chi connectivity index (χ1v) is 7.74. The summed E-state index contributed by atoms with van der Waals surface area (Å²) in [5, 5.41) is 19.5. The van der Waals surface area contributed by atoms with E-state index in [1.54, 1.807) is 4.90 Å². The van der Waals surface area contributed by atoms with E-state index < -0.39 is 23.0 Å². The zero-order valence-electron chi connectivity index (χ0n) is 11.5. The predicted octanol–water partition coefficient (Wildman–Crippen LogP) is 1.52. The normalized spacial score (nSPS) is 14.0. The molecule has 3 rings (SSSR count). The maximum absolute atomic E-state index is 12.5. The van der Waals surface area contributed by atoms with Crippen molar-refractivity contribution < 1.29 is 15.0 Å². The lowest BCUT2D eigenvalue weighted by Crippen LogP contribution is -2.43. The summed E-state index contributed by atoms with van der Waals surface area (Å²) in [7, 11) is 0. The maximum Gasteiger partial charge on any atom is 0.274 e. The van der Waals surface area contributed by atoms with Crippen LogP contribution in [0.15, 0.2) is 35.1 Å². The molecule has 0 unspecified atom stereocenters. The molecule has 0 fully saturated rings. The largest absolute Gasteiger partial charge is 0.504 e. The van der Waals surface area contributed by atoms with Crippen molar-refractivity contribution in [1.82, 2.24) is 9.47 Å². The van der Waals surface area contributed by atoms with E-state index in [4.69, 9.17) is 0 Å². The minimum absolute atomic E-state index is 0.151. The molecule has 2 N–H and O–H groups in total. The Morgan fingerprint density at radius 1 is 1.14 bits per heavy atom. The second-order valence-electron chi connectivity index (χ2n) is 5.07. The van der Waals surface area contributed by atoms with Crippen molar-refractivity contribution >= 4 is 28.5 Å². The Morgan fingerprint density at radius 2 is 1.91 bits per heavy atom. The molecule has 2 heterocycles. The number of hydrogen-bond acceptors (Lipinski definition) is 4. The summed E-state index contributed by atoms with van der Waals surface area (Å²) in [6.45, 7) is 1.05. The molecule has 2 aromatic rings. The fourth-order valence-electron chi connectivity index (χ4n) is 2.54. The molecule has 0 atom stereocenters. The molecule has 22 heavy (non-hydrogen) atoms. The highest BCUT2D eigenvalue weighted by atomic mass is 127. The fourth-order valence-corrected chi connectivity index (χ4v) is 3.15. The molecule has 1 amide bonds. The summed E-state index contributed by atoms with van der Waals surface area (Å²) in [6.07, 6.45) is 0. The topological polar surface area (TPSA) is 82.8 Å². The second-order valence-corrected chi connectivity index (χ2v) is 6.32. The van der Waals surface area contributed by atoms with E-state index >= 15 is 0 Å². The number of hydrogen-bond donors (Lipinski definition) is 2. The SMILES string of the molecule is O=C1c2c(O)c(O)cc(=O)n2CCN1Cc1cccc(I)c1. The average Bonchev–Trinajstić information content (AvgIpc) is 2.47. The van der Waals surface area contributed by atoms with Gasteiger partial charge in [-0.2, -0.15) is 0 Å². The number of carbonyl (C=O) groups excluding carboxylic acids is 1. The van der Waals surface area contributed by atoms with E-state index in [9.17, 15) is 19.8 Å². The van der Waals surface area contributed by atoms with Crippen LogP contribution in [0.3, 0.4) is 0 Å². The first kappa shape index (κ1) is 14.9. The highest BCUT2D eigenvalue weighted by Gasteiger charge is 2.30. The third-order valence-corrected chi connectivity index (χ3v) is 4.28. The van der Waals surface area contributed by atoms with Gasteiger partial charge in [0.05, 0.1) is 0 Å². The van der Waals surface area contributed by atoms with Gasteiger partial charge in [-0.1, -0.05) is 12.1 Å². The van der Waals surface area contributed by atoms with E-state index in [0.29, 0.717) is 13.1 Å². The Balaban J connectivity index is 1.96. The predicted molar refractivity (Wildman–Crippen MR) is 87.9 cm³/mol. The monoisotopic (exact) mass is 412 g/mol. The summed E-state index contributed by atoms with van der Waals surface area (Å²) < 4.78 is 2.26. The van der Waals surface area contributed by atoms with Crippen LogP contribution in [0.25, 0.3) is 0 Å². The van der Waals surface area contributed by atoms with Gasteiger partial charge in [-0.25, -0.2) is 0 Å². The molecule has 1 aromatic heterocycles. The van der Waals surface area contributed by atoms with Gasteiger partial charge in [0.2, 0.25) is 0 Å². The number of benzene rings is 1. The Labute approximate surface area is 139 Å². The molecule has 114 valence electrons. The molecular formula is C15H13IN2O4. The molecule has 0 spiro atoms. The van der Waals surface area contributed by atoms with Gasteiger partial charge < -0.3 is 15.1 Å². The van der Waals surface area contributed by atoms with Gasteiger partial charge in [0.1, 0.15) is 0 Å². The second kappa shape index (κ2) is 5.64. The molecule has 1 aliphatic rings. The van der Waals surface area contributed by atoms with Crippen LogP contribution in [0.4, 0.5) is 0 Å². The van der Waals surface area contributed by atoms with Crippen molar-refractivity contribution in [3.8, 4) is 11.5 Å². The van der Waals surface area contributed by atoms with Crippen LogP contribution in [0.5, 0.6) is 11.5 Å². The lowest BCUT2D eigenvalue weighted by Gasteiger charge is -2.30. The number of amides is 1. The van der Waals surface area contributed by atoms with Gasteiger partial charge in [-0.15, -0.1) is 0 Å². The van der Waals surface area contributed by atoms with E-state index in [1.165, 1.54) is 4.57 Å². The van der Waals surface area contributed by atoms with Gasteiger partial charge in [0.15, 0.2) is 17.2 Å². The number of pyridine rings is 1. The fraction of sp³-hybridized carbons (Fsp3) is 0.200. The summed E-state index contributed by atoms with van der Waals surface area (Å²) in [4.78, 5) is 25.9. The lowest BCUT2D eigenvalue weighted by atomic mass is 10.1. The zero-order chi connectivity index (χ0) is 15.9. The standard InChI is InChI=1S/C15H13IN2O4/c16-10-3-1-2-9(6-10)8-17-4-5-18-12(20)7-11(19)14(21)13(18)15(17)22/h1-3,6-7,19,21H,4-5,8H2. The van der Waals surface area contributed by atoms with Crippen molar-refractivity contribution in [2.75, 3.05) is 6.54 Å². The summed E-state index contributed by atoms with van der Waals surface area (Å²) in [5.41, 5.74) is 0.324. The summed E-state index contributed by atoms with van der Waals surface area (Å²) >= 11 is 2.20. The van der Waals surface area contributed by atoms with Gasteiger partial charge >= 0.3 is 0 Å². The summed E-state index contributed by atoms with van der Waals surface area (Å²) in [6, 6.07) is 8.67. The average molecular weight is 412 g/mol. The van der Waals surface area contributed by atoms with Gasteiger partial charge in [-0.05, 0) is 40.3 Å². The number of fused-ring (bicyclic) bond motifs is 1. The van der Waals surface area contributed by atoms with Gasteiger partial charge in [-0.3, -0.25) is 14.2 Å². The first-order valence-electron chi connectivity index (χ1n) is 6.67. The Hall–Kier alpha value is -2.03. The van der Waals surface area contributed by atoms with Crippen LogP contribution < -0.4 is 5.56 Å². The molecular weight excluding hydrogens is 399 g/mol. The van der Waals surface area contributed by atoms with Crippen LogP contribution in [0.1, 0.15) is 16.1 Å². The minimum Gasteiger partial charge on any atom is -0.504 e. The number of aromatic nitrogens is 1. The zero-order valence-corrected chi connectivity index (χ0v) is 13.6. The summed E-state index contributed by atoms with van der Waals surface area (Å²) in [5.74, 6) is -1.58. The van der Waals surface area contributed by atoms with Crippen LogP contribution in [-0.4, -0.2) is 32.1 Å². The number of halogens is 1. The van der Waals surface area contributed by atoms with E-state index in [2.05, 4.69) is 22.6 Å². The van der Waals surface area contributed by atoms with Crippen LogP contribution in [-0.2, 0) is 13.1 Å².